The standard InChI is InChI=1S/C19H18N2O2/c1-13-2-3-14(11-22)10-17(13)21-18(23)15-4-6-16(7-5-15)19(12-20)8-9-19/h2-7,10,22H,8-9,11H2,1H3,(H,21,23). The Labute approximate surface area is 135 Å². The number of aliphatic hydroxyl groups is 1. The molecule has 0 radical (unpaired) electrons. The molecule has 0 bridgehead atoms. The number of aliphatic hydroxyl groups excluding tert-OH is 1. The molecule has 0 unspecified atom stereocenters. The van der Waals surface area contributed by atoms with Gasteiger partial charge in [-0.1, -0.05) is 24.3 Å². The van der Waals surface area contributed by atoms with Crippen LogP contribution in [0.4, 0.5) is 5.69 Å². The number of benzene rings is 2. The molecule has 116 valence electrons. The molecule has 1 fully saturated rings. The molecule has 0 saturated heterocycles. The minimum absolute atomic E-state index is 0.0614. The number of hydrogen-bond donors (Lipinski definition) is 2. The van der Waals surface area contributed by atoms with Crippen molar-refractivity contribution >= 4 is 11.6 Å². The van der Waals surface area contributed by atoms with E-state index in [1.54, 1.807) is 18.2 Å². The molecule has 1 aliphatic carbocycles. The first-order chi connectivity index (χ1) is 11.1. The lowest BCUT2D eigenvalue weighted by molar-refractivity contribution is 0.102. The molecule has 0 aromatic heterocycles. The normalized spacial score (nSPS) is 14.8. The van der Waals surface area contributed by atoms with Gasteiger partial charge in [-0.15, -0.1) is 0 Å². The predicted octanol–water partition coefficient (Wildman–Crippen LogP) is 3.29. The topological polar surface area (TPSA) is 73.1 Å². The van der Waals surface area contributed by atoms with Crippen LogP contribution in [0.2, 0.25) is 0 Å². The predicted molar refractivity (Wildman–Crippen MR) is 88.0 cm³/mol. The summed E-state index contributed by atoms with van der Waals surface area (Å²) in [6, 6.07) is 15.1. The molecule has 1 amide bonds. The fraction of sp³-hybridized carbons (Fsp3) is 0.263. The summed E-state index contributed by atoms with van der Waals surface area (Å²) in [6.45, 7) is 1.84. The minimum atomic E-state index is -0.332. The highest BCUT2D eigenvalue weighted by atomic mass is 16.3. The summed E-state index contributed by atoms with van der Waals surface area (Å²) < 4.78 is 0. The van der Waals surface area contributed by atoms with Crippen molar-refractivity contribution in [3.63, 3.8) is 0 Å². The van der Waals surface area contributed by atoms with Crippen molar-refractivity contribution in [3.05, 3.63) is 64.7 Å². The van der Waals surface area contributed by atoms with Crippen LogP contribution in [0.5, 0.6) is 0 Å². The van der Waals surface area contributed by atoms with E-state index in [2.05, 4.69) is 11.4 Å². The summed E-state index contributed by atoms with van der Waals surface area (Å²) in [7, 11) is 0. The van der Waals surface area contributed by atoms with Gasteiger partial charge in [-0.25, -0.2) is 0 Å². The Hall–Kier alpha value is -2.64. The van der Waals surface area contributed by atoms with Gasteiger partial charge in [0.2, 0.25) is 0 Å². The zero-order chi connectivity index (χ0) is 16.4. The smallest absolute Gasteiger partial charge is 0.255 e. The molecule has 2 N–H and O–H groups in total. The van der Waals surface area contributed by atoms with Crippen LogP contribution in [0.1, 0.15) is 39.9 Å². The highest BCUT2D eigenvalue weighted by Gasteiger charge is 2.44. The number of hydrogen-bond acceptors (Lipinski definition) is 3. The number of rotatable bonds is 4. The summed E-state index contributed by atoms with van der Waals surface area (Å²) in [4.78, 5) is 12.4. The van der Waals surface area contributed by atoms with Crippen LogP contribution >= 0.6 is 0 Å². The van der Waals surface area contributed by atoms with E-state index in [1.807, 2.05) is 31.2 Å². The van der Waals surface area contributed by atoms with Crippen LogP contribution in [0, 0.1) is 18.3 Å². The molecule has 0 spiro atoms. The van der Waals surface area contributed by atoms with E-state index in [9.17, 15) is 15.2 Å². The molecule has 3 rings (SSSR count). The summed E-state index contributed by atoms with van der Waals surface area (Å²) >= 11 is 0. The van der Waals surface area contributed by atoms with E-state index in [0.717, 1.165) is 29.5 Å². The Morgan fingerprint density at radius 3 is 2.52 bits per heavy atom. The fourth-order valence-electron chi connectivity index (χ4n) is 2.63. The van der Waals surface area contributed by atoms with Crippen molar-refractivity contribution < 1.29 is 9.90 Å². The first kappa shape index (κ1) is 15.3. The average Bonchev–Trinajstić information content (AvgIpc) is 3.38. The van der Waals surface area contributed by atoms with Gasteiger partial charge in [0.05, 0.1) is 18.1 Å². The van der Waals surface area contributed by atoms with Crippen LogP contribution in [-0.2, 0) is 12.0 Å². The van der Waals surface area contributed by atoms with Crippen molar-refractivity contribution in [2.75, 3.05) is 5.32 Å². The first-order valence-corrected chi connectivity index (χ1v) is 7.61. The average molecular weight is 306 g/mol. The number of carbonyl (C=O) groups is 1. The molecule has 4 heteroatoms. The summed E-state index contributed by atoms with van der Waals surface area (Å²) in [6.07, 6.45) is 1.78. The molecule has 0 heterocycles. The summed E-state index contributed by atoms with van der Waals surface area (Å²) in [5.41, 5.74) is 3.59. The van der Waals surface area contributed by atoms with Crippen LogP contribution in [0.3, 0.4) is 0 Å². The molecule has 0 atom stereocenters. The highest BCUT2D eigenvalue weighted by molar-refractivity contribution is 6.04. The van der Waals surface area contributed by atoms with Crippen LogP contribution in [0.25, 0.3) is 0 Å². The number of anilines is 1. The third-order valence-electron chi connectivity index (χ3n) is 4.40. The second-order valence-electron chi connectivity index (χ2n) is 6.03. The molecular weight excluding hydrogens is 288 g/mol. The van der Waals surface area contributed by atoms with Crippen molar-refractivity contribution in [2.24, 2.45) is 0 Å². The lowest BCUT2D eigenvalue weighted by Gasteiger charge is -2.11. The lowest BCUT2D eigenvalue weighted by Crippen LogP contribution is -2.13. The van der Waals surface area contributed by atoms with Gasteiger partial charge in [-0.2, -0.15) is 5.26 Å². The third kappa shape index (κ3) is 2.96. The van der Waals surface area contributed by atoms with E-state index in [1.165, 1.54) is 0 Å². The van der Waals surface area contributed by atoms with Gasteiger partial charge in [-0.3, -0.25) is 4.79 Å². The maximum Gasteiger partial charge on any atom is 0.255 e. The number of nitrogens with one attached hydrogen (secondary N) is 1. The first-order valence-electron chi connectivity index (χ1n) is 7.61. The van der Waals surface area contributed by atoms with Gasteiger partial charge in [0.15, 0.2) is 0 Å². The van der Waals surface area contributed by atoms with Gasteiger partial charge < -0.3 is 10.4 Å². The van der Waals surface area contributed by atoms with E-state index in [4.69, 9.17) is 0 Å². The van der Waals surface area contributed by atoms with E-state index >= 15 is 0 Å². The van der Waals surface area contributed by atoms with Crippen molar-refractivity contribution in [3.8, 4) is 6.07 Å². The summed E-state index contributed by atoms with van der Waals surface area (Å²) in [5.74, 6) is -0.198. The Morgan fingerprint density at radius 1 is 1.26 bits per heavy atom. The van der Waals surface area contributed by atoms with Gasteiger partial charge in [0.1, 0.15) is 0 Å². The van der Waals surface area contributed by atoms with Crippen molar-refractivity contribution in [1.82, 2.24) is 0 Å². The molecular formula is C19H18N2O2. The molecule has 1 saturated carbocycles. The van der Waals surface area contributed by atoms with Gasteiger partial charge in [0, 0.05) is 11.3 Å². The van der Waals surface area contributed by atoms with Crippen LogP contribution in [-0.4, -0.2) is 11.0 Å². The number of nitrogens with zero attached hydrogens (tertiary/aromatic N) is 1. The van der Waals surface area contributed by atoms with Gasteiger partial charge in [-0.05, 0) is 54.7 Å². The van der Waals surface area contributed by atoms with Crippen LogP contribution < -0.4 is 5.32 Å². The molecule has 2 aromatic carbocycles. The molecule has 23 heavy (non-hydrogen) atoms. The van der Waals surface area contributed by atoms with Crippen LogP contribution in [0.15, 0.2) is 42.5 Å². The number of carbonyl (C=O) groups excluding carboxylic acids is 1. The SMILES string of the molecule is Cc1ccc(CO)cc1NC(=O)c1ccc(C2(C#N)CC2)cc1. The maximum atomic E-state index is 12.4. The third-order valence-corrected chi connectivity index (χ3v) is 4.40. The molecule has 2 aromatic rings. The van der Waals surface area contributed by atoms with E-state index in [0.29, 0.717) is 11.3 Å². The Morgan fingerprint density at radius 2 is 1.96 bits per heavy atom. The fourth-order valence-corrected chi connectivity index (χ4v) is 2.63. The largest absolute Gasteiger partial charge is 0.392 e. The van der Waals surface area contributed by atoms with E-state index in [-0.39, 0.29) is 17.9 Å². The van der Waals surface area contributed by atoms with Crippen molar-refractivity contribution in [1.29, 1.82) is 5.26 Å². The Kier molecular flexibility index (Phi) is 3.89. The lowest BCUT2D eigenvalue weighted by atomic mass is 9.96. The van der Waals surface area contributed by atoms with E-state index < -0.39 is 0 Å². The number of nitriles is 1. The summed E-state index contributed by atoms with van der Waals surface area (Å²) in [5, 5.41) is 21.3. The number of aryl methyl sites for hydroxylation is 1. The number of amides is 1. The molecule has 0 aliphatic heterocycles. The highest BCUT2D eigenvalue weighted by Crippen LogP contribution is 2.47. The Balaban J connectivity index is 1.78. The van der Waals surface area contributed by atoms with Gasteiger partial charge >= 0.3 is 0 Å². The minimum Gasteiger partial charge on any atom is -0.392 e. The second-order valence-corrected chi connectivity index (χ2v) is 6.03. The molecule has 4 nitrogen and oxygen atoms in total. The zero-order valence-corrected chi connectivity index (χ0v) is 13.0. The Bertz CT molecular complexity index is 784. The quantitative estimate of drug-likeness (QED) is 0.910. The zero-order valence-electron chi connectivity index (χ0n) is 13.0. The van der Waals surface area contributed by atoms with Gasteiger partial charge in [0.25, 0.3) is 5.91 Å². The monoisotopic (exact) mass is 306 g/mol. The second kappa shape index (κ2) is 5.86. The van der Waals surface area contributed by atoms with Crippen molar-refractivity contribution in [2.45, 2.75) is 31.8 Å². The molecule has 1 aliphatic rings. The maximum absolute atomic E-state index is 12.4.